The van der Waals surface area contributed by atoms with Crippen LogP contribution in [-0.4, -0.2) is 19.6 Å². The summed E-state index contributed by atoms with van der Waals surface area (Å²) >= 11 is 5.99. The molecule has 5 heteroatoms. The Morgan fingerprint density at radius 1 is 0.964 bits per heavy atom. The van der Waals surface area contributed by atoms with Gasteiger partial charge in [0, 0.05) is 21.8 Å². The predicted molar refractivity (Wildman–Crippen MR) is 114 cm³/mol. The molecule has 0 fully saturated rings. The van der Waals surface area contributed by atoms with E-state index >= 15 is 0 Å². The summed E-state index contributed by atoms with van der Waals surface area (Å²) in [7, 11) is 1.54. The number of rotatable bonds is 5. The molecular weight excluding hydrogens is 372 g/mol. The molecule has 2 N–H and O–H groups in total. The zero-order valence-corrected chi connectivity index (χ0v) is 16.1. The first-order valence-corrected chi connectivity index (χ1v) is 9.06. The summed E-state index contributed by atoms with van der Waals surface area (Å²) in [4.78, 5) is 12.3. The van der Waals surface area contributed by atoms with Gasteiger partial charge in [-0.2, -0.15) is 0 Å². The minimum atomic E-state index is -0.207. The number of nitrogens with one attached hydrogen (secondary N) is 2. The van der Waals surface area contributed by atoms with Crippen LogP contribution in [0.3, 0.4) is 0 Å². The molecule has 0 saturated heterocycles. The van der Waals surface area contributed by atoms with Crippen LogP contribution in [0.1, 0.15) is 11.1 Å². The van der Waals surface area contributed by atoms with E-state index in [1.54, 1.807) is 25.3 Å². The maximum Gasteiger partial charge on any atom is 0.243 e. The van der Waals surface area contributed by atoms with E-state index in [1.807, 2.05) is 54.6 Å². The summed E-state index contributed by atoms with van der Waals surface area (Å²) in [5.74, 6) is 6.59. The van der Waals surface area contributed by atoms with Crippen molar-refractivity contribution in [3.8, 4) is 17.6 Å². The summed E-state index contributed by atoms with van der Waals surface area (Å²) in [6.07, 6.45) is 0. The molecule has 0 spiro atoms. The lowest BCUT2D eigenvalue weighted by Crippen LogP contribution is -2.22. The zero-order valence-electron chi connectivity index (χ0n) is 15.3. The van der Waals surface area contributed by atoms with Gasteiger partial charge in [0.2, 0.25) is 5.91 Å². The zero-order chi connectivity index (χ0) is 19.8. The molecule has 0 heterocycles. The SMILES string of the molecule is COc1ccc(Cl)cc1NC(=O)CNc1cccc(C#Cc2ccccc2)c1. The first-order chi connectivity index (χ1) is 13.6. The van der Waals surface area contributed by atoms with Crippen molar-refractivity contribution in [1.82, 2.24) is 0 Å². The van der Waals surface area contributed by atoms with Gasteiger partial charge in [-0.1, -0.05) is 47.7 Å². The second-order valence-corrected chi connectivity index (χ2v) is 6.38. The Balaban J connectivity index is 1.61. The lowest BCUT2D eigenvalue weighted by Gasteiger charge is -2.11. The molecule has 1 amide bonds. The van der Waals surface area contributed by atoms with Crippen LogP contribution >= 0.6 is 11.6 Å². The second-order valence-electron chi connectivity index (χ2n) is 5.94. The van der Waals surface area contributed by atoms with Crippen molar-refractivity contribution in [1.29, 1.82) is 0 Å². The highest BCUT2D eigenvalue weighted by molar-refractivity contribution is 6.31. The van der Waals surface area contributed by atoms with Crippen LogP contribution in [0.2, 0.25) is 5.02 Å². The molecule has 4 nitrogen and oxygen atoms in total. The van der Waals surface area contributed by atoms with Gasteiger partial charge in [0.1, 0.15) is 5.75 Å². The molecule has 140 valence electrons. The average Bonchev–Trinajstić information content (AvgIpc) is 2.72. The van der Waals surface area contributed by atoms with Crippen molar-refractivity contribution in [3.05, 3.63) is 88.9 Å². The molecule has 28 heavy (non-hydrogen) atoms. The predicted octanol–water partition coefficient (Wildman–Crippen LogP) is 4.80. The summed E-state index contributed by atoms with van der Waals surface area (Å²) in [5, 5.41) is 6.42. The van der Waals surface area contributed by atoms with E-state index in [1.165, 1.54) is 0 Å². The topological polar surface area (TPSA) is 50.4 Å². The third-order valence-corrected chi connectivity index (χ3v) is 4.11. The van der Waals surface area contributed by atoms with Crippen LogP contribution < -0.4 is 15.4 Å². The third kappa shape index (κ3) is 5.54. The molecule has 0 saturated carbocycles. The first kappa shape index (κ1) is 19.3. The lowest BCUT2D eigenvalue weighted by molar-refractivity contribution is -0.114. The number of halogens is 1. The number of hydrogen-bond donors (Lipinski definition) is 2. The molecule has 0 radical (unpaired) electrons. The Kier molecular flexibility index (Phi) is 6.56. The summed E-state index contributed by atoms with van der Waals surface area (Å²) < 4.78 is 5.23. The van der Waals surface area contributed by atoms with Gasteiger partial charge < -0.3 is 15.4 Å². The van der Waals surface area contributed by atoms with Gasteiger partial charge in [-0.15, -0.1) is 0 Å². The van der Waals surface area contributed by atoms with E-state index in [9.17, 15) is 4.79 Å². The van der Waals surface area contributed by atoms with Crippen LogP contribution in [0, 0.1) is 11.8 Å². The molecule has 0 atom stereocenters. The Morgan fingerprint density at radius 3 is 2.50 bits per heavy atom. The Bertz CT molecular complexity index is 1020. The monoisotopic (exact) mass is 390 g/mol. The molecule has 3 aromatic rings. The Hall–Kier alpha value is -3.42. The number of ether oxygens (including phenoxy) is 1. The van der Waals surface area contributed by atoms with Gasteiger partial charge >= 0.3 is 0 Å². The molecule has 0 unspecified atom stereocenters. The van der Waals surface area contributed by atoms with Crippen molar-refractivity contribution in [2.24, 2.45) is 0 Å². The average molecular weight is 391 g/mol. The number of carbonyl (C=O) groups is 1. The van der Waals surface area contributed by atoms with Crippen LogP contribution in [0.25, 0.3) is 0 Å². The molecule has 0 bridgehead atoms. The minimum absolute atomic E-state index is 0.102. The first-order valence-electron chi connectivity index (χ1n) is 8.68. The van der Waals surface area contributed by atoms with Gasteiger partial charge in [-0.25, -0.2) is 0 Å². The standard InChI is InChI=1S/C23H19ClN2O2/c1-28-22-13-12-19(24)15-21(22)26-23(27)16-25-20-9-5-8-18(14-20)11-10-17-6-3-2-4-7-17/h2-9,12-15,25H,16H2,1H3,(H,26,27). The molecule has 3 rings (SSSR count). The van der Waals surface area contributed by atoms with Gasteiger partial charge in [0.25, 0.3) is 0 Å². The van der Waals surface area contributed by atoms with E-state index in [0.29, 0.717) is 16.5 Å². The van der Waals surface area contributed by atoms with Crippen molar-refractivity contribution in [2.45, 2.75) is 0 Å². The third-order valence-electron chi connectivity index (χ3n) is 3.88. The highest BCUT2D eigenvalue weighted by Gasteiger charge is 2.08. The van der Waals surface area contributed by atoms with Gasteiger partial charge in [-0.3, -0.25) is 4.79 Å². The van der Waals surface area contributed by atoms with Crippen molar-refractivity contribution < 1.29 is 9.53 Å². The molecule has 0 aliphatic heterocycles. The van der Waals surface area contributed by atoms with Gasteiger partial charge in [0.15, 0.2) is 0 Å². The maximum atomic E-state index is 12.3. The number of hydrogen-bond acceptors (Lipinski definition) is 3. The summed E-state index contributed by atoms with van der Waals surface area (Å²) in [5.41, 5.74) is 3.17. The smallest absolute Gasteiger partial charge is 0.243 e. The fourth-order valence-corrected chi connectivity index (χ4v) is 2.70. The molecule has 0 aromatic heterocycles. The molecular formula is C23H19ClN2O2. The largest absolute Gasteiger partial charge is 0.495 e. The minimum Gasteiger partial charge on any atom is -0.495 e. The van der Waals surface area contributed by atoms with E-state index in [0.717, 1.165) is 16.8 Å². The summed E-state index contributed by atoms with van der Waals surface area (Å²) in [6, 6.07) is 22.5. The number of methoxy groups -OCH3 is 1. The molecule has 0 aliphatic carbocycles. The normalized spacial score (nSPS) is 9.79. The van der Waals surface area contributed by atoms with Crippen LogP contribution in [0.15, 0.2) is 72.8 Å². The molecule has 0 aliphatic rings. The Labute approximate surface area is 169 Å². The fraction of sp³-hybridized carbons (Fsp3) is 0.0870. The number of amides is 1. The van der Waals surface area contributed by atoms with Crippen LogP contribution in [0.4, 0.5) is 11.4 Å². The number of benzene rings is 3. The maximum absolute atomic E-state index is 12.3. The highest BCUT2D eigenvalue weighted by atomic mass is 35.5. The highest BCUT2D eigenvalue weighted by Crippen LogP contribution is 2.27. The fourth-order valence-electron chi connectivity index (χ4n) is 2.53. The van der Waals surface area contributed by atoms with Crippen LogP contribution in [-0.2, 0) is 4.79 Å². The molecule has 3 aromatic carbocycles. The summed E-state index contributed by atoms with van der Waals surface area (Å²) in [6.45, 7) is 0.102. The number of carbonyl (C=O) groups excluding carboxylic acids is 1. The van der Waals surface area contributed by atoms with Crippen LogP contribution in [0.5, 0.6) is 5.75 Å². The van der Waals surface area contributed by atoms with Gasteiger partial charge in [-0.05, 0) is 48.5 Å². The van der Waals surface area contributed by atoms with E-state index < -0.39 is 0 Å². The van der Waals surface area contributed by atoms with E-state index in [-0.39, 0.29) is 12.5 Å². The van der Waals surface area contributed by atoms with Crippen molar-refractivity contribution in [2.75, 3.05) is 24.3 Å². The second kappa shape index (κ2) is 9.50. The van der Waals surface area contributed by atoms with E-state index in [4.69, 9.17) is 16.3 Å². The van der Waals surface area contributed by atoms with Crippen molar-refractivity contribution in [3.63, 3.8) is 0 Å². The van der Waals surface area contributed by atoms with Crippen molar-refractivity contribution >= 4 is 28.9 Å². The van der Waals surface area contributed by atoms with Gasteiger partial charge in [0.05, 0.1) is 19.3 Å². The van der Waals surface area contributed by atoms with E-state index in [2.05, 4.69) is 22.5 Å². The lowest BCUT2D eigenvalue weighted by atomic mass is 10.1. The number of anilines is 2. The quantitative estimate of drug-likeness (QED) is 0.615. The Morgan fingerprint density at radius 2 is 1.71 bits per heavy atom.